The molecule has 1 aliphatic carbocycles. The maximum atomic E-state index is 9.40. The van der Waals surface area contributed by atoms with Gasteiger partial charge in [-0.15, -0.1) is 0 Å². The molecule has 1 spiro atoms. The summed E-state index contributed by atoms with van der Waals surface area (Å²) in [6, 6.07) is 7.03. The fourth-order valence-corrected chi connectivity index (χ4v) is 2.75. The van der Waals surface area contributed by atoms with Gasteiger partial charge in [-0.2, -0.15) is 0 Å². The SMILES string of the molecule is Oc1cccc(OC2CCOC3(CCC3)C2)c1. The summed E-state index contributed by atoms with van der Waals surface area (Å²) < 4.78 is 11.8. The van der Waals surface area contributed by atoms with Crippen LogP contribution in [0.25, 0.3) is 0 Å². The molecule has 3 heteroatoms. The Hall–Kier alpha value is -1.22. The lowest BCUT2D eigenvalue weighted by Gasteiger charge is -2.46. The topological polar surface area (TPSA) is 38.7 Å². The fourth-order valence-electron chi connectivity index (χ4n) is 2.75. The molecule has 3 rings (SSSR count). The number of benzene rings is 1. The molecule has 0 radical (unpaired) electrons. The normalized spacial score (nSPS) is 26.5. The van der Waals surface area contributed by atoms with Crippen molar-refractivity contribution in [1.82, 2.24) is 0 Å². The first-order valence-corrected chi connectivity index (χ1v) is 6.35. The lowest BCUT2D eigenvalue weighted by molar-refractivity contribution is -0.153. The molecule has 1 saturated heterocycles. The van der Waals surface area contributed by atoms with Gasteiger partial charge in [-0.3, -0.25) is 0 Å². The molecule has 0 aromatic heterocycles. The minimum Gasteiger partial charge on any atom is -0.508 e. The van der Waals surface area contributed by atoms with Crippen molar-refractivity contribution >= 4 is 0 Å². The molecule has 1 unspecified atom stereocenters. The first kappa shape index (κ1) is 10.9. The van der Waals surface area contributed by atoms with E-state index in [2.05, 4.69) is 0 Å². The van der Waals surface area contributed by atoms with E-state index in [1.54, 1.807) is 12.1 Å². The molecule has 0 bridgehead atoms. The van der Waals surface area contributed by atoms with Gasteiger partial charge in [0.05, 0.1) is 12.2 Å². The van der Waals surface area contributed by atoms with Gasteiger partial charge in [-0.05, 0) is 31.4 Å². The Kier molecular flexibility index (Phi) is 2.71. The van der Waals surface area contributed by atoms with Crippen LogP contribution >= 0.6 is 0 Å². The first-order valence-electron chi connectivity index (χ1n) is 6.35. The van der Waals surface area contributed by atoms with Crippen LogP contribution in [0, 0.1) is 0 Å². The van der Waals surface area contributed by atoms with Gasteiger partial charge in [0, 0.05) is 18.9 Å². The van der Waals surface area contributed by atoms with Crippen LogP contribution in [0.5, 0.6) is 11.5 Å². The second kappa shape index (κ2) is 4.22. The molecule has 1 aromatic rings. The van der Waals surface area contributed by atoms with E-state index in [-0.39, 0.29) is 17.5 Å². The van der Waals surface area contributed by atoms with E-state index < -0.39 is 0 Å². The molecular weight excluding hydrogens is 216 g/mol. The third-order valence-corrected chi connectivity index (χ3v) is 3.83. The van der Waals surface area contributed by atoms with E-state index in [0.29, 0.717) is 0 Å². The molecule has 2 fully saturated rings. The van der Waals surface area contributed by atoms with Crippen molar-refractivity contribution in [2.75, 3.05) is 6.61 Å². The van der Waals surface area contributed by atoms with E-state index in [4.69, 9.17) is 9.47 Å². The Morgan fingerprint density at radius 3 is 2.94 bits per heavy atom. The van der Waals surface area contributed by atoms with Crippen LogP contribution in [-0.2, 0) is 4.74 Å². The van der Waals surface area contributed by atoms with Crippen molar-refractivity contribution in [2.45, 2.75) is 43.8 Å². The van der Waals surface area contributed by atoms with Crippen LogP contribution < -0.4 is 4.74 Å². The summed E-state index contributed by atoms with van der Waals surface area (Å²) >= 11 is 0. The van der Waals surface area contributed by atoms with Crippen molar-refractivity contribution < 1.29 is 14.6 Å². The number of aromatic hydroxyl groups is 1. The van der Waals surface area contributed by atoms with Crippen LogP contribution in [0.4, 0.5) is 0 Å². The summed E-state index contributed by atoms with van der Waals surface area (Å²) in [6.45, 7) is 0.795. The Balaban J connectivity index is 1.65. The van der Waals surface area contributed by atoms with Gasteiger partial charge >= 0.3 is 0 Å². The third-order valence-electron chi connectivity index (χ3n) is 3.83. The van der Waals surface area contributed by atoms with E-state index >= 15 is 0 Å². The predicted octanol–water partition coefficient (Wildman–Crippen LogP) is 2.87. The van der Waals surface area contributed by atoms with E-state index in [0.717, 1.165) is 25.2 Å². The largest absolute Gasteiger partial charge is 0.508 e. The van der Waals surface area contributed by atoms with Crippen LogP contribution in [0.15, 0.2) is 24.3 Å². The molecule has 92 valence electrons. The highest BCUT2D eigenvalue weighted by molar-refractivity contribution is 5.31. The maximum Gasteiger partial charge on any atom is 0.123 e. The van der Waals surface area contributed by atoms with E-state index in [1.807, 2.05) is 12.1 Å². The van der Waals surface area contributed by atoms with E-state index in [9.17, 15) is 5.11 Å². The van der Waals surface area contributed by atoms with Crippen molar-refractivity contribution in [3.8, 4) is 11.5 Å². The summed E-state index contributed by atoms with van der Waals surface area (Å²) in [5.74, 6) is 1.01. The van der Waals surface area contributed by atoms with Gasteiger partial charge in [0.15, 0.2) is 0 Å². The molecule has 1 heterocycles. The summed E-state index contributed by atoms with van der Waals surface area (Å²) in [5.41, 5.74) is 0.111. The maximum absolute atomic E-state index is 9.40. The summed E-state index contributed by atoms with van der Waals surface area (Å²) in [4.78, 5) is 0. The minimum atomic E-state index is 0.111. The lowest BCUT2D eigenvalue weighted by atomic mass is 9.74. The van der Waals surface area contributed by atoms with Crippen LogP contribution in [0.3, 0.4) is 0 Å². The minimum absolute atomic E-state index is 0.111. The average Bonchev–Trinajstić information content (AvgIpc) is 2.27. The Bertz CT molecular complexity index is 398. The molecule has 2 aliphatic rings. The Labute approximate surface area is 101 Å². The van der Waals surface area contributed by atoms with Crippen LogP contribution in [0.1, 0.15) is 32.1 Å². The van der Waals surface area contributed by atoms with Gasteiger partial charge < -0.3 is 14.6 Å². The molecule has 3 nitrogen and oxygen atoms in total. The Morgan fingerprint density at radius 2 is 2.24 bits per heavy atom. The zero-order valence-electron chi connectivity index (χ0n) is 9.89. The molecule has 1 N–H and O–H groups in total. The van der Waals surface area contributed by atoms with Crippen molar-refractivity contribution in [3.05, 3.63) is 24.3 Å². The number of ether oxygens (including phenoxy) is 2. The Morgan fingerprint density at radius 1 is 1.35 bits per heavy atom. The number of hydrogen-bond acceptors (Lipinski definition) is 3. The number of hydrogen-bond donors (Lipinski definition) is 1. The zero-order chi connectivity index (χ0) is 11.7. The highest BCUT2D eigenvalue weighted by Gasteiger charge is 2.43. The highest BCUT2D eigenvalue weighted by atomic mass is 16.5. The second-order valence-corrected chi connectivity index (χ2v) is 5.12. The predicted molar refractivity (Wildman–Crippen MR) is 64.3 cm³/mol. The number of rotatable bonds is 2. The van der Waals surface area contributed by atoms with Gasteiger partial charge in [-0.25, -0.2) is 0 Å². The molecule has 0 amide bonds. The highest BCUT2D eigenvalue weighted by Crippen LogP contribution is 2.43. The van der Waals surface area contributed by atoms with Crippen LogP contribution in [-0.4, -0.2) is 23.4 Å². The molecule has 1 atom stereocenters. The standard InChI is InChI=1S/C14H18O3/c15-11-3-1-4-12(9-11)17-13-5-8-16-14(10-13)6-2-7-14/h1,3-4,9,13,15H,2,5-8,10H2. The summed E-state index contributed by atoms with van der Waals surface area (Å²) in [5, 5.41) is 9.40. The second-order valence-electron chi connectivity index (χ2n) is 5.12. The van der Waals surface area contributed by atoms with Crippen LogP contribution in [0.2, 0.25) is 0 Å². The third kappa shape index (κ3) is 2.25. The quantitative estimate of drug-likeness (QED) is 0.855. The van der Waals surface area contributed by atoms with E-state index in [1.165, 1.54) is 19.3 Å². The smallest absolute Gasteiger partial charge is 0.123 e. The monoisotopic (exact) mass is 234 g/mol. The molecule has 1 aliphatic heterocycles. The number of phenolic OH excluding ortho intramolecular Hbond substituents is 1. The average molecular weight is 234 g/mol. The van der Waals surface area contributed by atoms with Crippen molar-refractivity contribution in [3.63, 3.8) is 0 Å². The molecule has 17 heavy (non-hydrogen) atoms. The lowest BCUT2D eigenvalue weighted by Crippen LogP contribution is -2.48. The first-order chi connectivity index (χ1) is 8.26. The zero-order valence-corrected chi connectivity index (χ0v) is 9.89. The van der Waals surface area contributed by atoms with Gasteiger partial charge in [0.25, 0.3) is 0 Å². The molecule has 1 saturated carbocycles. The van der Waals surface area contributed by atoms with Gasteiger partial charge in [0.1, 0.15) is 17.6 Å². The van der Waals surface area contributed by atoms with Gasteiger partial charge in [-0.1, -0.05) is 6.07 Å². The summed E-state index contributed by atoms with van der Waals surface area (Å²) in [7, 11) is 0. The summed E-state index contributed by atoms with van der Waals surface area (Å²) in [6.07, 6.45) is 5.78. The van der Waals surface area contributed by atoms with Crippen molar-refractivity contribution in [2.24, 2.45) is 0 Å². The van der Waals surface area contributed by atoms with Gasteiger partial charge in [0.2, 0.25) is 0 Å². The number of phenols is 1. The van der Waals surface area contributed by atoms with Crippen molar-refractivity contribution in [1.29, 1.82) is 0 Å². The molecular formula is C14H18O3. The molecule has 1 aromatic carbocycles. The fraction of sp³-hybridized carbons (Fsp3) is 0.571.